The predicted molar refractivity (Wildman–Crippen MR) is 145 cm³/mol. The van der Waals surface area contributed by atoms with Crippen LogP contribution in [0.5, 0.6) is 0 Å². The van der Waals surface area contributed by atoms with Gasteiger partial charge in [0.2, 0.25) is 16.0 Å². The monoisotopic (exact) mass is 614 g/mol. The van der Waals surface area contributed by atoms with Gasteiger partial charge in [-0.3, -0.25) is 0 Å². The molecule has 0 fully saturated rings. The smallest absolute Gasteiger partial charge is 0.359 e. The molecule has 2 aromatic carbocycles. The minimum Gasteiger partial charge on any atom is -0.359 e. The Bertz CT molecular complexity index is 1800. The molecule has 0 spiro atoms. The Morgan fingerprint density at radius 3 is 2.25 bits per heavy atom. The third-order valence-electron chi connectivity index (χ3n) is 5.68. The number of sulfonamides is 1. The molecular formula is C24H22ClF3N6O4S2. The van der Waals surface area contributed by atoms with Crippen LogP contribution in [0.3, 0.4) is 0 Å². The highest BCUT2D eigenvalue weighted by molar-refractivity contribution is 7.90. The number of alkyl halides is 3. The summed E-state index contributed by atoms with van der Waals surface area (Å²) < 4.78 is 86.4. The molecule has 0 aliphatic rings. The standard InChI is InChI=1S/C24H22ClF3N6O4S2/c1-13(14-3-6-16(7-4-14)40(29,37)38)31-23-33-19-10-9-18(15-5-8-17(25)20(11-15)39(2,35)36)32-21(19)22(34-23)30-12-24(26,27)28/h3-11,13H,12H2,1-2H3,(H2,29,37,38)(H2,30,31,33,34). The van der Waals surface area contributed by atoms with E-state index in [1.165, 1.54) is 54.6 Å². The van der Waals surface area contributed by atoms with Crippen molar-refractivity contribution in [1.82, 2.24) is 15.0 Å². The van der Waals surface area contributed by atoms with Crippen LogP contribution in [0.25, 0.3) is 22.3 Å². The van der Waals surface area contributed by atoms with Gasteiger partial charge in [-0.25, -0.2) is 31.9 Å². The van der Waals surface area contributed by atoms with E-state index < -0.39 is 38.6 Å². The number of hydrogen-bond donors (Lipinski definition) is 3. The van der Waals surface area contributed by atoms with Gasteiger partial charge in [0.15, 0.2) is 15.7 Å². The highest BCUT2D eigenvalue weighted by atomic mass is 35.5. The molecule has 10 nitrogen and oxygen atoms in total. The van der Waals surface area contributed by atoms with E-state index in [9.17, 15) is 30.0 Å². The molecule has 4 aromatic rings. The molecule has 16 heteroatoms. The van der Waals surface area contributed by atoms with E-state index in [0.717, 1.165) is 6.26 Å². The lowest BCUT2D eigenvalue weighted by Gasteiger charge is -2.17. The fraction of sp³-hybridized carbons (Fsp3) is 0.208. The van der Waals surface area contributed by atoms with Crippen molar-refractivity contribution >= 4 is 54.3 Å². The number of anilines is 2. The highest BCUT2D eigenvalue weighted by Crippen LogP contribution is 2.31. The van der Waals surface area contributed by atoms with Gasteiger partial charge in [0.25, 0.3) is 0 Å². The molecule has 0 aliphatic carbocycles. The van der Waals surface area contributed by atoms with Crippen molar-refractivity contribution in [3.8, 4) is 11.3 Å². The second-order valence-corrected chi connectivity index (χ2v) is 12.8. The van der Waals surface area contributed by atoms with Crippen LogP contribution in [-0.2, 0) is 19.9 Å². The number of nitrogens with two attached hydrogens (primary N) is 1. The van der Waals surface area contributed by atoms with E-state index in [2.05, 4.69) is 25.6 Å². The Morgan fingerprint density at radius 1 is 0.975 bits per heavy atom. The maximum Gasteiger partial charge on any atom is 0.405 e. The molecule has 2 aromatic heterocycles. The number of aromatic nitrogens is 3. The summed E-state index contributed by atoms with van der Waals surface area (Å²) in [5.41, 5.74) is 1.50. The SMILES string of the molecule is CC(Nc1nc(NCC(F)(F)F)c2nc(-c3ccc(Cl)c(S(C)(=O)=O)c3)ccc2n1)c1ccc(S(N)(=O)=O)cc1. The summed E-state index contributed by atoms with van der Waals surface area (Å²) in [7, 11) is -7.53. The Labute approximate surface area is 232 Å². The summed E-state index contributed by atoms with van der Waals surface area (Å²) in [6.07, 6.45) is -3.55. The van der Waals surface area contributed by atoms with Crippen LogP contribution in [0.1, 0.15) is 18.5 Å². The van der Waals surface area contributed by atoms with E-state index in [4.69, 9.17) is 16.7 Å². The lowest BCUT2D eigenvalue weighted by molar-refractivity contribution is -0.115. The van der Waals surface area contributed by atoms with E-state index in [1.54, 1.807) is 6.92 Å². The first-order valence-electron chi connectivity index (χ1n) is 11.4. The zero-order chi connectivity index (χ0) is 29.5. The highest BCUT2D eigenvalue weighted by Gasteiger charge is 2.28. The number of primary sulfonamides is 1. The van der Waals surface area contributed by atoms with Crippen LogP contribution >= 0.6 is 11.6 Å². The van der Waals surface area contributed by atoms with Crippen molar-refractivity contribution in [1.29, 1.82) is 0 Å². The van der Waals surface area contributed by atoms with Crippen molar-refractivity contribution < 1.29 is 30.0 Å². The Balaban J connectivity index is 1.74. The zero-order valence-electron chi connectivity index (χ0n) is 20.9. The van der Waals surface area contributed by atoms with Crippen LogP contribution in [0.4, 0.5) is 24.9 Å². The third kappa shape index (κ3) is 6.96. The third-order valence-corrected chi connectivity index (χ3v) is 8.19. The lowest BCUT2D eigenvalue weighted by Crippen LogP contribution is -2.22. The number of rotatable bonds is 8. The average molecular weight is 615 g/mol. The Morgan fingerprint density at radius 2 is 1.65 bits per heavy atom. The van der Waals surface area contributed by atoms with Crippen LogP contribution < -0.4 is 15.8 Å². The van der Waals surface area contributed by atoms with Gasteiger partial charge in [-0.15, -0.1) is 0 Å². The minimum absolute atomic E-state index is 0.0133. The summed E-state index contributed by atoms with van der Waals surface area (Å²) in [6, 6.07) is 12.6. The molecule has 0 radical (unpaired) electrons. The first-order valence-corrected chi connectivity index (χ1v) is 15.2. The first kappa shape index (κ1) is 29.5. The average Bonchev–Trinajstić information content (AvgIpc) is 2.85. The molecule has 2 heterocycles. The molecule has 0 aliphatic heterocycles. The maximum atomic E-state index is 13.1. The van der Waals surface area contributed by atoms with Crippen molar-refractivity contribution in [2.45, 2.75) is 28.9 Å². The largest absolute Gasteiger partial charge is 0.405 e. The molecule has 212 valence electrons. The number of halogens is 4. The van der Waals surface area contributed by atoms with E-state index in [1.807, 2.05) is 0 Å². The molecule has 4 N–H and O–H groups in total. The summed E-state index contributed by atoms with van der Waals surface area (Å²) in [6.45, 7) is 0.331. The fourth-order valence-corrected chi connectivity index (χ4v) is 5.53. The van der Waals surface area contributed by atoms with Crippen molar-refractivity contribution in [3.05, 3.63) is 65.2 Å². The van der Waals surface area contributed by atoms with Crippen LogP contribution in [0.2, 0.25) is 5.02 Å². The maximum absolute atomic E-state index is 13.1. The van der Waals surface area contributed by atoms with E-state index in [-0.39, 0.29) is 43.3 Å². The molecule has 0 amide bonds. The van der Waals surface area contributed by atoms with Crippen molar-refractivity contribution in [2.24, 2.45) is 5.14 Å². The topological polar surface area (TPSA) is 157 Å². The molecule has 1 unspecified atom stereocenters. The second kappa shape index (κ2) is 10.8. The number of benzene rings is 2. The van der Waals surface area contributed by atoms with Crippen LogP contribution in [-0.4, -0.2) is 50.8 Å². The summed E-state index contributed by atoms with van der Waals surface area (Å²) >= 11 is 6.03. The number of pyridine rings is 1. The number of fused-ring (bicyclic) bond motifs is 1. The van der Waals surface area contributed by atoms with Gasteiger partial charge in [-0.1, -0.05) is 29.8 Å². The number of sulfone groups is 1. The number of hydrogen-bond acceptors (Lipinski definition) is 9. The van der Waals surface area contributed by atoms with Crippen LogP contribution in [0, 0.1) is 0 Å². The molecule has 4 rings (SSSR count). The molecule has 40 heavy (non-hydrogen) atoms. The van der Waals surface area contributed by atoms with Crippen molar-refractivity contribution in [3.63, 3.8) is 0 Å². The minimum atomic E-state index is -4.55. The number of nitrogens with zero attached hydrogens (tertiary/aromatic N) is 3. The summed E-state index contributed by atoms with van der Waals surface area (Å²) in [4.78, 5) is 12.8. The normalized spacial score (nSPS) is 13.3. The van der Waals surface area contributed by atoms with Gasteiger partial charge in [-0.2, -0.15) is 18.2 Å². The van der Waals surface area contributed by atoms with Crippen LogP contribution in [0.15, 0.2) is 64.4 Å². The van der Waals surface area contributed by atoms with Crippen molar-refractivity contribution in [2.75, 3.05) is 23.4 Å². The fourth-order valence-electron chi connectivity index (χ4n) is 3.72. The lowest BCUT2D eigenvalue weighted by atomic mass is 10.1. The number of nitrogens with one attached hydrogen (secondary N) is 2. The van der Waals surface area contributed by atoms with Gasteiger partial charge in [0.05, 0.1) is 32.1 Å². The van der Waals surface area contributed by atoms with Gasteiger partial charge in [0, 0.05) is 11.8 Å². The zero-order valence-corrected chi connectivity index (χ0v) is 23.2. The molecule has 0 saturated heterocycles. The Kier molecular flexibility index (Phi) is 7.95. The second-order valence-electron chi connectivity index (χ2n) is 8.83. The van der Waals surface area contributed by atoms with Gasteiger partial charge >= 0.3 is 6.18 Å². The van der Waals surface area contributed by atoms with E-state index >= 15 is 0 Å². The molecule has 0 bridgehead atoms. The van der Waals surface area contributed by atoms with E-state index in [0.29, 0.717) is 11.1 Å². The Hall–Kier alpha value is -3.53. The van der Waals surface area contributed by atoms with Gasteiger partial charge in [-0.05, 0) is 48.9 Å². The molecule has 1 atom stereocenters. The quantitative estimate of drug-likeness (QED) is 0.259. The summed E-state index contributed by atoms with van der Waals surface area (Å²) in [5, 5.41) is 10.4. The predicted octanol–water partition coefficient (Wildman–Crippen LogP) is 4.54. The van der Waals surface area contributed by atoms with Gasteiger partial charge < -0.3 is 10.6 Å². The molecule has 0 saturated carbocycles. The first-order chi connectivity index (χ1) is 18.5. The molecular weight excluding hydrogens is 593 g/mol. The van der Waals surface area contributed by atoms with Gasteiger partial charge in [0.1, 0.15) is 12.1 Å². The summed E-state index contributed by atoms with van der Waals surface area (Å²) in [5.74, 6) is -0.221.